The van der Waals surface area contributed by atoms with E-state index < -0.39 is 0 Å². The molecule has 0 saturated carbocycles. The Kier molecular flexibility index (Phi) is 2.42. The van der Waals surface area contributed by atoms with Crippen LogP contribution < -0.4 is 0 Å². The Morgan fingerprint density at radius 2 is 1.60 bits per heavy atom. The van der Waals surface area contributed by atoms with Crippen molar-refractivity contribution in [1.82, 2.24) is 15.0 Å². The zero-order chi connectivity index (χ0) is 13.4. The van der Waals surface area contributed by atoms with Crippen molar-refractivity contribution in [2.24, 2.45) is 0 Å². The highest BCUT2D eigenvalue weighted by atomic mass is 14.8. The van der Waals surface area contributed by atoms with Gasteiger partial charge in [0.25, 0.3) is 0 Å². The van der Waals surface area contributed by atoms with Gasteiger partial charge < -0.3 is 0 Å². The van der Waals surface area contributed by atoms with Gasteiger partial charge >= 0.3 is 0 Å². The van der Waals surface area contributed by atoms with Crippen LogP contribution in [0.2, 0.25) is 0 Å². The summed E-state index contributed by atoms with van der Waals surface area (Å²) < 4.78 is 0. The molecule has 0 saturated heterocycles. The molecule has 94 valence electrons. The lowest BCUT2D eigenvalue weighted by Gasteiger charge is -2.05. The lowest BCUT2D eigenvalue weighted by Crippen LogP contribution is -1.91. The van der Waals surface area contributed by atoms with Gasteiger partial charge in [0.05, 0.1) is 22.9 Å². The Morgan fingerprint density at radius 1 is 0.700 bits per heavy atom. The topological polar surface area (TPSA) is 38.7 Å². The molecule has 4 aromatic rings. The highest BCUT2D eigenvalue weighted by Gasteiger charge is 2.06. The van der Waals surface area contributed by atoms with Crippen molar-refractivity contribution in [1.29, 1.82) is 0 Å². The quantitative estimate of drug-likeness (QED) is 0.486. The minimum absolute atomic E-state index is 0.800. The molecule has 0 unspecified atom stereocenters. The van der Waals surface area contributed by atoms with Crippen LogP contribution in [0.15, 0.2) is 67.0 Å². The molecule has 0 fully saturated rings. The fourth-order valence-corrected chi connectivity index (χ4v) is 2.38. The first kappa shape index (κ1) is 11.1. The van der Waals surface area contributed by atoms with Crippen LogP contribution in [0.1, 0.15) is 0 Å². The first-order valence-corrected chi connectivity index (χ1v) is 6.48. The van der Waals surface area contributed by atoms with Gasteiger partial charge in [-0.15, -0.1) is 0 Å². The van der Waals surface area contributed by atoms with E-state index in [-0.39, 0.29) is 0 Å². The van der Waals surface area contributed by atoms with Crippen molar-refractivity contribution < 1.29 is 0 Å². The van der Waals surface area contributed by atoms with Crippen LogP contribution in [-0.4, -0.2) is 15.0 Å². The van der Waals surface area contributed by atoms with Gasteiger partial charge in [0.1, 0.15) is 5.69 Å². The molecule has 0 amide bonds. The van der Waals surface area contributed by atoms with Crippen LogP contribution in [-0.2, 0) is 0 Å². The zero-order valence-corrected chi connectivity index (χ0v) is 10.7. The number of nitrogens with zero attached hydrogens (tertiary/aromatic N) is 3. The molecule has 20 heavy (non-hydrogen) atoms. The van der Waals surface area contributed by atoms with Crippen LogP contribution in [0.4, 0.5) is 0 Å². The smallest absolute Gasteiger partial charge is 0.108 e. The summed E-state index contributed by atoms with van der Waals surface area (Å²) in [6.07, 6.45) is 3.55. The van der Waals surface area contributed by atoms with E-state index in [0.717, 1.165) is 27.8 Å². The van der Waals surface area contributed by atoms with E-state index in [9.17, 15) is 0 Å². The van der Waals surface area contributed by atoms with Crippen molar-refractivity contribution in [3.8, 4) is 11.4 Å². The highest BCUT2D eigenvalue weighted by molar-refractivity contribution is 6.04. The van der Waals surface area contributed by atoms with Gasteiger partial charge in [-0.05, 0) is 23.6 Å². The summed E-state index contributed by atoms with van der Waals surface area (Å²) in [6, 6.07) is 18.1. The average molecular weight is 257 g/mol. The number of fused-ring (bicyclic) bond motifs is 3. The van der Waals surface area contributed by atoms with Gasteiger partial charge in [-0.2, -0.15) is 0 Å². The molecule has 0 aliphatic carbocycles. The number of rotatable bonds is 1. The fourth-order valence-electron chi connectivity index (χ4n) is 2.38. The largest absolute Gasteiger partial charge is 0.255 e. The second-order valence-electron chi connectivity index (χ2n) is 4.62. The summed E-state index contributed by atoms with van der Waals surface area (Å²) in [5, 5.41) is 2.29. The Bertz CT molecular complexity index is 901. The molecule has 0 radical (unpaired) electrons. The summed E-state index contributed by atoms with van der Waals surface area (Å²) in [7, 11) is 0. The van der Waals surface area contributed by atoms with Gasteiger partial charge in [-0.25, -0.2) is 4.98 Å². The van der Waals surface area contributed by atoms with Crippen molar-refractivity contribution in [2.75, 3.05) is 0 Å². The third kappa shape index (κ3) is 1.72. The molecule has 0 aliphatic rings. The maximum Gasteiger partial charge on any atom is 0.108 e. The predicted molar refractivity (Wildman–Crippen MR) is 80.3 cm³/mol. The molecule has 0 atom stereocenters. The molecule has 0 bridgehead atoms. The Labute approximate surface area is 116 Å². The zero-order valence-electron chi connectivity index (χ0n) is 10.7. The number of aromatic nitrogens is 3. The minimum atomic E-state index is 0.800. The standard InChI is InChI=1S/C17H11N3/c1-2-6-13-12(5-1)8-9-15-17(13)20-16(11-19-15)14-7-3-4-10-18-14/h1-11H. The number of hydrogen-bond donors (Lipinski definition) is 0. The average Bonchev–Trinajstić information content (AvgIpc) is 2.55. The lowest BCUT2D eigenvalue weighted by molar-refractivity contribution is 1.24. The summed E-state index contributed by atoms with van der Waals surface area (Å²) in [6.45, 7) is 0. The molecule has 0 aliphatic heterocycles. The van der Waals surface area contributed by atoms with Gasteiger partial charge in [-0.3, -0.25) is 9.97 Å². The van der Waals surface area contributed by atoms with E-state index in [1.165, 1.54) is 5.39 Å². The lowest BCUT2D eigenvalue weighted by atomic mass is 10.1. The van der Waals surface area contributed by atoms with E-state index >= 15 is 0 Å². The van der Waals surface area contributed by atoms with E-state index in [1.807, 2.05) is 36.4 Å². The number of hydrogen-bond acceptors (Lipinski definition) is 3. The molecule has 2 aromatic carbocycles. The van der Waals surface area contributed by atoms with Gasteiger partial charge in [0.2, 0.25) is 0 Å². The molecule has 0 spiro atoms. The summed E-state index contributed by atoms with van der Waals surface area (Å²) in [4.78, 5) is 13.6. The van der Waals surface area contributed by atoms with E-state index in [4.69, 9.17) is 4.98 Å². The Balaban J connectivity index is 2.05. The second kappa shape index (κ2) is 4.38. The Hall–Kier alpha value is -2.81. The summed E-state index contributed by atoms with van der Waals surface area (Å²) in [5.41, 5.74) is 3.47. The van der Waals surface area contributed by atoms with Gasteiger partial charge in [0.15, 0.2) is 0 Å². The SMILES string of the molecule is c1ccc(-c2cnc3ccc4ccccc4c3n2)nc1. The first-order chi connectivity index (χ1) is 9.92. The summed E-state index contributed by atoms with van der Waals surface area (Å²) in [5.74, 6) is 0. The molecule has 0 N–H and O–H groups in total. The third-order valence-corrected chi connectivity index (χ3v) is 3.36. The molecule has 2 heterocycles. The number of benzene rings is 2. The maximum absolute atomic E-state index is 4.75. The van der Waals surface area contributed by atoms with Crippen molar-refractivity contribution in [2.45, 2.75) is 0 Å². The molecular weight excluding hydrogens is 246 g/mol. The molecule has 3 heteroatoms. The maximum atomic E-state index is 4.75. The fraction of sp³-hybridized carbons (Fsp3) is 0. The van der Waals surface area contributed by atoms with Crippen molar-refractivity contribution in [3.05, 3.63) is 67.0 Å². The predicted octanol–water partition coefficient (Wildman–Crippen LogP) is 3.85. The molecular formula is C17H11N3. The van der Waals surface area contributed by atoms with E-state index in [2.05, 4.69) is 28.2 Å². The van der Waals surface area contributed by atoms with Crippen LogP contribution in [0, 0.1) is 0 Å². The van der Waals surface area contributed by atoms with Crippen LogP contribution in [0.25, 0.3) is 33.2 Å². The van der Waals surface area contributed by atoms with Crippen LogP contribution in [0.3, 0.4) is 0 Å². The first-order valence-electron chi connectivity index (χ1n) is 6.48. The number of pyridine rings is 1. The Morgan fingerprint density at radius 3 is 2.50 bits per heavy atom. The third-order valence-electron chi connectivity index (χ3n) is 3.36. The van der Waals surface area contributed by atoms with Gasteiger partial charge in [0, 0.05) is 11.6 Å². The van der Waals surface area contributed by atoms with Crippen molar-refractivity contribution >= 4 is 21.8 Å². The van der Waals surface area contributed by atoms with Crippen LogP contribution in [0.5, 0.6) is 0 Å². The van der Waals surface area contributed by atoms with E-state index in [1.54, 1.807) is 12.4 Å². The summed E-state index contributed by atoms with van der Waals surface area (Å²) >= 11 is 0. The molecule has 2 aromatic heterocycles. The normalized spacial score (nSPS) is 11.0. The monoisotopic (exact) mass is 257 g/mol. The molecule has 4 rings (SSSR count). The minimum Gasteiger partial charge on any atom is -0.255 e. The van der Waals surface area contributed by atoms with E-state index in [0.29, 0.717) is 0 Å². The van der Waals surface area contributed by atoms with Crippen molar-refractivity contribution in [3.63, 3.8) is 0 Å². The van der Waals surface area contributed by atoms with Gasteiger partial charge in [-0.1, -0.05) is 36.4 Å². The highest BCUT2D eigenvalue weighted by Crippen LogP contribution is 2.24. The second-order valence-corrected chi connectivity index (χ2v) is 4.62. The molecule has 3 nitrogen and oxygen atoms in total. The van der Waals surface area contributed by atoms with Crippen LogP contribution >= 0.6 is 0 Å².